The Labute approximate surface area is 122 Å². The van der Waals surface area contributed by atoms with Gasteiger partial charge in [0.1, 0.15) is 12.1 Å². The molecule has 1 saturated heterocycles. The van der Waals surface area contributed by atoms with E-state index in [2.05, 4.69) is 10.6 Å². The molecule has 1 aliphatic rings. The van der Waals surface area contributed by atoms with E-state index in [-0.39, 0.29) is 12.3 Å². The van der Waals surface area contributed by atoms with Gasteiger partial charge in [0, 0.05) is 12.8 Å². The van der Waals surface area contributed by atoms with Crippen LogP contribution >= 0.6 is 0 Å². The van der Waals surface area contributed by atoms with E-state index in [1.807, 2.05) is 31.2 Å². The van der Waals surface area contributed by atoms with Gasteiger partial charge in [-0.25, -0.2) is 4.79 Å². The molecule has 0 bridgehead atoms. The fourth-order valence-corrected chi connectivity index (χ4v) is 2.34. The summed E-state index contributed by atoms with van der Waals surface area (Å²) >= 11 is 0. The maximum absolute atomic E-state index is 12.0. The summed E-state index contributed by atoms with van der Waals surface area (Å²) in [5, 5.41) is 14.3. The van der Waals surface area contributed by atoms with E-state index in [0.29, 0.717) is 12.8 Å². The van der Waals surface area contributed by atoms with E-state index in [1.165, 1.54) is 0 Å². The fraction of sp³-hybridized carbons (Fsp3) is 0.400. The van der Waals surface area contributed by atoms with Gasteiger partial charge >= 0.3 is 5.97 Å². The van der Waals surface area contributed by atoms with Crippen LogP contribution < -0.4 is 10.6 Å². The molecule has 1 aromatic carbocycles. The van der Waals surface area contributed by atoms with Gasteiger partial charge < -0.3 is 15.7 Å². The van der Waals surface area contributed by atoms with E-state index in [0.717, 1.165) is 11.1 Å². The Kier molecular flexibility index (Phi) is 4.57. The monoisotopic (exact) mass is 290 g/mol. The Morgan fingerprint density at radius 3 is 2.71 bits per heavy atom. The smallest absolute Gasteiger partial charge is 0.326 e. The summed E-state index contributed by atoms with van der Waals surface area (Å²) in [6.45, 7) is 1.90. The number of nitrogens with one attached hydrogen (secondary N) is 2. The highest BCUT2D eigenvalue weighted by Crippen LogP contribution is 2.11. The average molecular weight is 290 g/mol. The first-order valence-electron chi connectivity index (χ1n) is 6.84. The lowest BCUT2D eigenvalue weighted by Gasteiger charge is -2.18. The SMILES string of the molecule is Cc1ccccc1C[C@H](NC(=O)[C@H]1CCC(=O)N1)C(=O)O. The number of carboxylic acid groups (broad SMARTS) is 1. The minimum Gasteiger partial charge on any atom is -0.480 e. The Morgan fingerprint density at radius 1 is 1.43 bits per heavy atom. The van der Waals surface area contributed by atoms with Gasteiger partial charge in [-0.15, -0.1) is 0 Å². The average Bonchev–Trinajstić information content (AvgIpc) is 2.87. The van der Waals surface area contributed by atoms with E-state index in [9.17, 15) is 19.5 Å². The highest BCUT2D eigenvalue weighted by atomic mass is 16.4. The van der Waals surface area contributed by atoms with Gasteiger partial charge in [-0.2, -0.15) is 0 Å². The zero-order valence-electron chi connectivity index (χ0n) is 11.8. The molecule has 1 heterocycles. The quantitative estimate of drug-likeness (QED) is 0.731. The molecule has 2 rings (SSSR count). The predicted molar refractivity (Wildman–Crippen MR) is 75.6 cm³/mol. The van der Waals surface area contributed by atoms with Gasteiger partial charge in [-0.05, 0) is 24.5 Å². The molecule has 2 amide bonds. The van der Waals surface area contributed by atoms with Crippen LogP contribution in [0.2, 0.25) is 0 Å². The Morgan fingerprint density at radius 2 is 2.14 bits per heavy atom. The molecular weight excluding hydrogens is 272 g/mol. The highest BCUT2D eigenvalue weighted by Gasteiger charge is 2.30. The molecule has 112 valence electrons. The molecule has 2 atom stereocenters. The Balaban J connectivity index is 2.03. The second kappa shape index (κ2) is 6.39. The molecule has 21 heavy (non-hydrogen) atoms. The van der Waals surface area contributed by atoms with Crippen molar-refractivity contribution >= 4 is 17.8 Å². The van der Waals surface area contributed by atoms with Crippen molar-refractivity contribution in [2.75, 3.05) is 0 Å². The zero-order chi connectivity index (χ0) is 15.4. The van der Waals surface area contributed by atoms with Crippen LogP contribution in [0.5, 0.6) is 0 Å². The largest absolute Gasteiger partial charge is 0.480 e. The third kappa shape index (κ3) is 3.81. The number of benzene rings is 1. The molecule has 1 fully saturated rings. The summed E-state index contributed by atoms with van der Waals surface area (Å²) in [6.07, 6.45) is 0.920. The zero-order valence-corrected chi connectivity index (χ0v) is 11.8. The van der Waals surface area contributed by atoms with Crippen molar-refractivity contribution in [3.63, 3.8) is 0 Å². The number of hydrogen-bond donors (Lipinski definition) is 3. The Bertz CT molecular complexity index is 571. The molecule has 0 unspecified atom stereocenters. The number of aryl methyl sites for hydroxylation is 1. The summed E-state index contributed by atoms with van der Waals surface area (Å²) < 4.78 is 0. The van der Waals surface area contributed by atoms with Crippen LogP contribution in [0.3, 0.4) is 0 Å². The molecular formula is C15H18N2O4. The lowest BCUT2D eigenvalue weighted by atomic mass is 10.0. The van der Waals surface area contributed by atoms with Gasteiger partial charge in [0.05, 0.1) is 0 Å². The summed E-state index contributed by atoms with van der Waals surface area (Å²) in [5.74, 6) is -1.71. The first-order chi connectivity index (χ1) is 9.97. The molecule has 6 heteroatoms. The number of rotatable bonds is 5. The maximum Gasteiger partial charge on any atom is 0.326 e. The fourth-order valence-electron chi connectivity index (χ4n) is 2.34. The molecule has 6 nitrogen and oxygen atoms in total. The van der Waals surface area contributed by atoms with E-state index < -0.39 is 24.0 Å². The van der Waals surface area contributed by atoms with E-state index in [1.54, 1.807) is 0 Å². The summed E-state index contributed by atoms with van der Waals surface area (Å²) in [5.41, 5.74) is 1.85. The van der Waals surface area contributed by atoms with Crippen LogP contribution in [0.25, 0.3) is 0 Å². The topological polar surface area (TPSA) is 95.5 Å². The van der Waals surface area contributed by atoms with Gasteiger partial charge in [0.15, 0.2) is 0 Å². The Hall–Kier alpha value is -2.37. The van der Waals surface area contributed by atoms with Crippen LogP contribution in [0.15, 0.2) is 24.3 Å². The van der Waals surface area contributed by atoms with Crippen LogP contribution in [0, 0.1) is 6.92 Å². The van der Waals surface area contributed by atoms with Crippen LogP contribution in [-0.2, 0) is 20.8 Å². The normalized spacial score (nSPS) is 18.9. The first-order valence-corrected chi connectivity index (χ1v) is 6.84. The number of carbonyl (C=O) groups excluding carboxylic acids is 2. The van der Waals surface area contributed by atoms with Crippen molar-refractivity contribution < 1.29 is 19.5 Å². The molecule has 0 aromatic heterocycles. The maximum atomic E-state index is 12.0. The van der Waals surface area contributed by atoms with Crippen molar-refractivity contribution in [1.29, 1.82) is 0 Å². The van der Waals surface area contributed by atoms with E-state index >= 15 is 0 Å². The summed E-state index contributed by atoms with van der Waals surface area (Å²) in [6, 6.07) is 5.82. The molecule has 0 spiro atoms. The molecule has 1 aliphatic heterocycles. The highest BCUT2D eigenvalue weighted by molar-refractivity contribution is 5.92. The minimum atomic E-state index is -1.09. The number of amides is 2. The van der Waals surface area contributed by atoms with Gasteiger partial charge in [0.2, 0.25) is 11.8 Å². The number of hydrogen-bond acceptors (Lipinski definition) is 3. The number of carboxylic acids is 1. The lowest BCUT2D eigenvalue weighted by Crippen LogP contribution is -2.49. The first kappa shape index (κ1) is 15.0. The van der Waals surface area contributed by atoms with E-state index in [4.69, 9.17) is 0 Å². The number of carbonyl (C=O) groups is 3. The molecule has 0 radical (unpaired) electrons. The third-order valence-electron chi connectivity index (χ3n) is 3.61. The number of aliphatic carboxylic acids is 1. The molecule has 0 aliphatic carbocycles. The molecule has 0 saturated carbocycles. The van der Waals surface area contributed by atoms with Crippen molar-refractivity contribution in [1.82, 2.24) is 10.6 Å². The lowest BCUT2D eigenvalue weighted by molar-refractivity contribution is -0.142. The van der Waals surface area contributed by atoms with Crippen LogP contribution in [0.4, 0.5) is 0 Å². The van der Waals surface area contributed by atoms with Crippen molar-refractivity contribution in [3.05, 3.63) is 35.4 Å². The van der Waals surface area contributed by atoms with Gasteiger partial charge in [-0.3, -0.25) is 9.59 Å². The van der Waals surface area contributed by atoms with Crippen molar-refractivity contribution in [2.24, 2.45) is 0 Å². The minimum absolute atomic E-state index is 0.180. The van der Waals surface area contributed by atoms with Crippen molar-refractivity contribution in [2.45, 2.75) is 38.3 Å². The van der Waals surface area contributed by atoms with Gasteiger partial charge in [-0.1, -0.05) is 24.3 Å². The van der Waals surface area contributed by atoms with Gasteiger partial charge in [0.25, 0.3) is 0 Å². The third-order valence-corrected chi connectivity index (χ3v) is 3.61. The molecule has 3 N–H and O–H groups in total. The second-order valence-corrected chi connectivity index (χ2v) is 5.19. The van der Waals surface area contributed by atoms with Crippen molar-refractivity contribution in [3.8, 4) is 0 Å². The summed E-state index contributed by atoms with van der Waals surface area (Å²) in [4.78, 5) is 34.4. The second-order valence-electron chi connectivity index (χ2n) is 5.19. The predicted octanol–water partition coefficient (Wildman–Crippen LogP) is 0.386. The van der Waals surface area contributed by atoms with Crippen LogP contribution in [-0.4, -0.2) is 35.0 Å². The molecule has 1 aromatic rings. The standard InChI is InChI=1S/C15H18N2O4/c1-9-4-2-3-5-10(9)8-12(15(20)21)17-14(19)11-6-7-13(18)16-11/h2-5,11-12H,6-8H2,1H3,(H,16,18)(H,17,19)(H,20,21)/t11-,12+/m1/s1. The van der Waals surface area contributed by atoms with Crippen LogP contribution in [0.1, 0.15) is 24.0 Å². The summed E-state index contributed by atoms with van der Waals surface area (Å²) in [7, 11) is 0.